The Morgan fingerprint density at radius 1 is 0.875 bits per heavy atom. The van der Waals surface area contributed by atoms with Crippen LogP contribution < -0.4 is 4.74 Å². The third kappa shape index (κ3) is 5.86. The summed E-state index contributed by atoms with van der Waals surface area (Å²) in [5.74, 6) is 0.450. The zero-order valence-electron chi connectivity index (χ0n) is 19.0. The predicted octanol–water partition coefficient (Wildman–Crippen LogP) is 6.21. The molecule has 0 aliphatic rings. The minimum absolute atomic E-state index is 0.137. The van der Waals surface area contributed by atoms with E-state index < -0.39 is 15.1 Å². The summed E-state index contributed by atoms with van der Waals surface area (Å²) in [7, 11) is -3.78. The molecule has 0 fully saturated rings. The van der Waals surface area contributed by atoms with E-state index in [9.17, 15) is 13.2 Å². The minimum Gasteiger partial charge on any atom is -0.488 e. The Kier molecular flexibility index (Phi) is 7.19. The lowest BCUT2D eigenvalue weighted by Gasteiger charge is -2.22. The molecule has 0 amide bonds. The summed E-state index contributed by atoms with van der Waals surface area (Å²) < 4.78 is 32.9. The number of benzene rings is 3. The molecule has 0 radical (unpaired) electrons. The van der Waals surface area contributed by atoms with Gasteiger partial charge in [-0.25, -0.2) is 8.42 Å². The highest BCUT2D eigenvalue weighted by atomic mass is 32.2. The van der Waals surface area contributed by atoms with E-state index >= 15 is 0 Å². The summed E-state index contributed by atoms with van der Waals surface area (Å²) in [5.41, 5.74) is 1.85. The van der Waals surface area contributed by atoms with E-state index in [1.165, 1.54) is 0 Å². The van der Waals surface area contributed by atoms with Gasteiger partial charge in [0, 0.05) is 12.0 Å². The van der Waals surface area contributed by atoms with Crippen LogP contribution in [0, 0.1) is 0 Å². The van der Waals surface area contributed by atoms with Crippen molar-refractivity contribution in [2.75, 3.05) is 0 Å². The van der Waals surface area contributed by atoms with Crippen molar-refractivity contribution in [2.45, 2.75) is 56.3 Å². The van der Waals surface area contributed by atoms with Gasteiger partial charge >= 0.3 is 0 Å². The van der Waals surface area contributed by atoms with Crippen LogP contribution in [0.2, 0.25) is 0 Å². The van der Waals surface area contributed by atoms with Gasteiger partial charge in [0.15, 0.2) is 15.6 Å². The largest absolute Gasteiger partial charge is 0.488 e. The van der Waals surface area contributed by atoms with E-state index in [-0.39, 0.29) is 22.7 Å². The molecule has 32 heavy (non-hydrogen) atoms. The summed E-state index contributed by atoms with van der Waals surface area (Å²) in [6.07, 6.45) is 0.741. The first-order chi connectivity index (χ1) is 15.1. The lowest BCUT2D eigenvalue weighted by atomic mass is 10.0. The van der Waals surface area contributed by atoms with Crippen LogP contribution >= 0.6 is 0 Å². The molecule has 4 nitrogen and oxygen atoms in total. The fourth-order valence-corrected chi connectivity index (χ4v) is 5.25. The second kappa shape index (κ2) is 9.70. The van der Waals surface area contributed by atoms with Crippen molar-refractivity contribution in [1.82, 2.24) is 0 Å². The van der Waals surface area contributed by atoms with E-state index in [4.69, 9.17) is 4.74 Å². The second-order valence-corrected chi connectivity index (χ2v) is 10.9. The third-order valence-corrected chi connectivity index (χ3v) is 7.29. The average Bonchev–Trinajstić information content (AvgIpc) is 2.77. The summed E-state index contributed by atoms with van der Waals surface area (Å²) in [6, 6.07) is 22.6. The van der Waals surface area contributed by atoms with Crippen LogP contribution in [0.15, 0.2) is 83.8 Å². The van der Waals surface area contributed by atoms with Gasteiger partial charge < -0.3 is 4.74 Å². The van der Waals surface area contributed by atoms with Crippen molar-refractivity contribution in [2.24, 2.45) is 0 Å². The molecule has 0 aromatic heterocycles. The number of sulfone groups is 1. The molecule has 0 N–H and O–H groups in total. The topological polar surface area (TPSA) is 60.4 Å². The van der Waals surface area contributed by atoms with E-state index in [2.05, 4.69) is 0 Å². The lowest BCUT2D eigenvalue weighted by Crippen LogP contribution is -2.23. The number of carbonyl (C=O) groups excluding carboxylic acids is 1. The van der Waals surface area contributed by atoms with Gasteiger partial charge in [-0.3, -0.25) is 4.79 Å². The van der Waals surface area contributed by atoms with Crippen LogP contribution in [0.1, 0.15) is 60.9 Å². The average molecular weight is 451 g/mol. The van der Waals surface area contributed by atoms with Crippen molar-refractivity contribution >= 4 is 15.6 Å². The lowest BCUT2D eigenvalue weighted by molar-refractivity contribution is 0.0980. The first-order valence-electron chi connectivity index (χ1n) is 10.8. The molecule has 1 atom stereocenters. The molecule has 0 saturated heterocycles. The molecule has 3 aromatic carbocycles. The zero-order valence-corrected chi connectivity index (χ0v) is 19.9. The van der Waals surface area contributed by atoms with Crippen LogP contribution in [0.4, 0.5) is 0 Å². The zero-order chi connectivity index (χ0) is 23.4. The standard InChI is InChI=1S/C27H30O4S/c1-5-20-11-13-21(14-12-20)25(28)19-26(32(29,30)24-9-7-6-8-10-24)22-15-17-23(18-16-22)31-27(2,3)4/h6-18,26H,5,19H2,1-4H3. The first-order valence-corrected chi connectivity index (χ1v) is 12.3. The van der Waals surface area contributed by atoms with Gasteiger partial charge in [-0.15, -0.1) is 0 Å². The van der Waals surface area contributed by atoms with E-state index in [1.54, 1.807) is 66.7 Å². The monoisotopic (exact) mass is 450 g/mol. The van der Waals surface area contributed by atoms with E-state index in [1.807, 2.05) is 39.8 Å². The highest BCUT2D eigenvalue weighted by molar-refractivity contribution is 7.91. The number of carbonyl (C=O) groups is 1. The normalized spacial score (nSPS) is 12.9. The van der Waals surface area contributed by atoms with E-state index in [0.29, 0.717) is 16.9 Å². The summed E-state index contributed by atoms with van der Waals surface area (Å²) in [4.78, 5) is 13.3. The molecular formula is C27H30O4S. The minimum atomic E-state index is -3.78. The Morgan fingerprint density at radius 3 is 2.00 bits per heavy atom. The van der Waals surface area contributed by atoms with Crippen molar-refractivity contribution in [3.8, 4) is 5.75 Å². The number of hydrogen-bond acceptors (Lipinski definition) is 4. The van der Waals surface area contributed by atoms with Gasteiger partial charge in [-0.2, -0.15) is 0 Å². The number of Topliss-reactive ketones (excluding diaryl/α,β-unsaturated/α-hetero) is 1. The summed E-state index contributed by atoms with van der Waals surface area (Å²) >= 11 is 0. The smallest absolute Gasteiger partial charge is 0.185 e. The predicted molar refractivity (Wildman–Crippen MR) is 128 cm³/mol. The molecule has 0 heterocycles. The van der Waals surface area contributed by atoms with E-state index in [0.717, 1.165) is 12.0 Å². The van der Waals surface area contributed by atoms with Gasteiger partial charge in [0.05, 0.1) is 10.1 Å². The molecule has 0 saturated carbocycles. The second-order valence-electron chi connectivity index (χ2n) is 8.81. The molecule has 0 bridgehead atoms. The number of hydrogen-bond donors (Lipinski definition) is 0. The molecule has 0 aliphatic carbocycles. The Labute approximate surface area is 191 Å². The fraction of sp³-hybridized carbons (Fsp3) is 0.296. The highest BCUT2D eigenvalue weighted by Gasteiger charge is 2.31. The van der Waals surface area contributed by atoms with Crippen LogP contribution in [0.3, 0.4) is 0 Å². The Hall–Kier alpha value is -2.92. The Balaban J connectivity index is 1.97. The molecule has 5 heteroatoms. The van der Waals surface area contributed by atoms with Crippen LogP contribution in [0.25, 0.3) is 0 Å². The number of rotatable bonds is 8. The number of ether oxygens (including phenoxy) is 1. The van der Waals surface area contributed by atoms with Gasteiger partial charge in [-0.05, 0) is 62.6 Å². The highest BCUT2D eigenvalue weighted by Crippen LogP contribution is 2.34. The van der Waals surface area contributed by atoms with Gasteiger partial charge in [-0.1, -0.05) is 61.5 Å². The van der Waals surface area contributed by atoms with Crippen molar-refractivity contribution < 1.29 is 17.9 Å². The Morgan fingerprint density at radius 2 is 1.47 bits per heavy atom. The maximum absolute atomic E-state index is 13.5. The van der Waals surface area contributed by atoms with Crippen molar-refractivity contribution in [1.29, 1.82) is 0 Å². The van der Waals surface area contributed by atoms with Gasteiger partial charge in [0.2, 0.25) is 0 Å². The number of aryl methyl sites for hydroxylation is 1. The van der Waals surface area contributed by atoms with Gasteiger partial charge in [0.25, 0.3) is 0 Å². The summed E-state index contributed by atoms with van der Waals surface area (Å²) in [5, 5.41) is -0.994. The molecule has 3 rings (SSSR count). The molecule has 1 unspecified atom stereocenters. The molecular weight excluding hydrogens is 420 g/mol. The third-order valence-electron chi connectivity index (χ3n) is 5.18. The van der Waals surface area contributed by atoms with Crippen LogP contribution in [-0.2, 0) is 16.3 Å². The number of ketones is 1. The maximum atomic E-state index is 13.5. The molecule has 0 spiro atoms. The quantitative estimate of drug-likeness (QED) is 0.383. The molecule has 3 aromatic rings. The van der Waals surface area contributed by atoms with Crippen molar-refractivity contribution in [3.63, 3.8) is 0 Å². The van der Waals surface area contributed by atoms with Crippen LogP contribution in [0.5, 0.6) is 5.75 Å². The Bertz CT molecular complexity index is 1140. The maximum Gasteiger partial charge on any atom is 0.185 e. The van der Waals surface area contributed by atoms with Crippen molar-refractivity contribution in [3.05, 3.63) is 95.6 Å². The summed E-state index contributed by atoms with van der Waals surface area (Å²) in [6.45, 7) is 7.90. The fourth-order valence-electron chi connectivity index (χ4n) is 3.50. The first kappa shape index (κ1) is 23.7. The molecule has 0 aliphatic heterocycles. The van der Waals surface area contributed by atoms with Gasteiger partial charge in [0.1, 0.15) is 11.4 Å². The van der Waals surface area contributed by atoms with Crippen LogP contribution in [-0.4, -0.2) is 19.8 Å². The molecule has 168 valence electrons. The SMILES string of the molecule is CCc1ccc(C(=O)CC(c2ccc(OC(C)(C)C)cc2)S(=O)(=O)c2ccccc2)cc1.